The van der Waals surface area contributed by atoms with Gasteiger partial charge in [-0.1, -0.05) is 73.5 Å². The third-order valence-electron chi connectivity index (χ3n) is 6.67. The summed E-state index contributed by atoms with van der Waals surface area (Å²) in [6, 6.07) is 18.2. The molecule has 0 spiro atoms. The lowest BCUT2D eigenvalue weighted by molar-refractivity contribution is -0.139. The van der Waals surface area contributed by atoms with Crippen LogP contribution in [0.2, 0.25) is 5.02 Å². The summed E-state index contributed by atoms with van der Waals surface area (Å²) in [7, 11) is -4.13. The molecule has 0 radical (unpaired) electrons. The van der Waals surface area contributed by atoms with Gasteiger partial charge in [0.2, 0.25) is 11.8 Å². The number of nitrogens with zero attached hydrogens (tertiary/aromatic N) is 2. The van der Waals surface area contributed by atoms with Crippen LogP contribution in [0.1, 0.15) is 43.0 Å². The van der Waals surface area contributed by atoms with E-state index in [1.807, 2.05) is 39.8 Å². The van der Waals surface area contributed by atoms with Gasteiger partial charge in [-0.25, -0.2) is 8.42 Å². The molecule has 2 amide bonds. The number of rotatable bonds is 11. The fourth-order valence-corrected chi connectivity index (χ4v) is 5.85. The van der Waals surface area contributed by atoms with Crippen LogP contribution in [0.5, 0.6) is 0 Å². The van der Waals surface area contributed by atoms with Gasteiger partial charge in [-0.05, 0) is 74.6 Å². The molecule has 9 heteroatoms. The van der Waals surface area contributed by atoms with Crippen molar-refractivity contribution < 1.29 is 18.0 Å². The van der Waals surface area contributed by atoms with Crippen molar-refractivity contribution in [3.63, 3.8) is 0 Å². The summed E-state index contributed by atoms with van der Waals surface area (Å²) in [6.45, 7) is 11.2. The van der Waals surface area contributed by atoms with Crippen molar-refractivity contribution in [3.8, 4) is 0 Å². The average Bonchev–Trinajstić information content (AvgIpc) is 2.91. The van der Waals surface area contributed by atoms with Crippen molar-refractivity contribution in [3.05, 3.63) is 94.0 Å². The SMILES string of the molecule is Cc1ccc(S(=O)(=O)N(CC(=O)N(Cc2ccccc2Cl)[C@H](C)C(=O)NCC(C)C)c2cc(C)ccc2C)cc1. The van der Waals surface area contributed by atoms with Crippen LogP contribution < -0.4 is 9.62 Å². The first-order valence-electron chi connectivity index (χ1n) is 13.3. The summed E-state index contributed by atoms with van der Waals surface area (Å²) in [5.41, 5.74) is 3.53. The van der Waals surface area contributed by atoms with Crippen molar-refractivity contribution in [1.82, 2.24) is 10.2 Å². The Labute approximate surface area is 243 Å². The van der Waals surface area contributed by atoms with Gasteiger partial charge in [0.25, 0.3) is 10.0 Å². The van der Waals surface area contributed by atoms with E-state index in [9.17, 15) is 18.0 Å². The van der Waals surface area contributed by atoms with Gasteiger partial charge >= 0.3 is 0 Å². The van der Waals surface area contributed by atoms with Crippen LogP contribution in [0.15, 0.2) is 71.6 Å². The molecule has 0 saturated carbocycles. The van der Waals surface area contributed by atoms with Gasteiger partial charge in [0, 0.05) is 18.1 Å². The summed E-state index contributed by atoms with van der Waals surface area (Å²) in [6.07, 6.45) is 0. The highest BCUT2D eigenvalue weighted by molar-refractivity contribution is 7.92. The molecule has 3 rings (SSSR count). The van der Waals surface area contributed by atoms with Crippen LogP contribution in [0.4, 0.5) is 5.69 Å². The molecular formula is C31H38ClN3O4S. The predicted molar refractivity (Wildman–Crippen MR) is 161 cm³/mol. The highest BCUT2D eigenvalue weighted by atomic mass is 35.5. The van der Waals surface area contributed by atoms with E-state index in [1.165, 1.54) is 17.0 Å². The van der Waals surface area contributed by atoms with Gasteiger partial charge in [-0.3, -0.25) is 13.9 Å². The van der Waals surface area contributed by atoms with E-state index in [1.54, 1.807) is 56.3 Å². The Morgan fingerprint density at radius 1 is 0.900 bits per heavy atom. The first-order chi connectivity index (χ1) is 18.8. The van der Waals surface area contributed by atoms with E-state index in [4.69, 9.17) is 11.6 Å². The molecule has 0 unspecified atom stereocenters. The van der Waals surface area contributed by atoms with Crippen LogP contribution in [0, 0.1) is 26.7 Å². The minimum atomic E-state index is -4.13. The van der Waals surface area contributed by atoms with Gasteiger partial charge in [0.1, 0.15) is 12.6 Å². The van der Waals surface area contributed by atoms with Gasteiger partial charge in [0.15, 0.2) is 0 Å². The molecule has 0 aliphatic carbocycles. The Morgan fingerprint density at radius 3 is 2.15 bits per heavy atom. The number of anilines is 1. The molecule has 7 nitrogen and oxygen atoms in total. The lowest BCUT2D eigenvalue weighted by atomic mass is 10.1. The summed E-state index contributed by atoms with van der Waals surface area (Å²) in [5.74, 6) is -0.624. The van der Waals surface area contributed by atoms with Crippen LogP contribution in [-0.4, -0.2) is 44.3 Å². The van der Waals surface area contributed by atoms with Gasteiger partial charge in [0.05, 0.1) is 10.6 Å². The summed E-state index contributed by atoms with van der Waals surface area (Å²) in [4.78, 5) is 28.6. The predicted octanol–water partition coefficient (Wildman–Crippen LogP) is 5.65. The van der Waals surface area contributed by atoms with E-state index in [0.29, 0.717) is 28.4 Å². The van der Waals surface area contributed by atoms with Crippen molar-refractivity contribution in [1.29, 1.82) is 0 Å². The minimum Gasteiger partial charge on any atom is -0.354 e. The lowest BCUT2D eigenvalue weighted by Gasteiger charge is -2.32. The summed E-state index contributed by atoms with van der Waals surface area (Å²) >= 11 is 6.42. The zero-order valence-electron chi connectivity index (χ0n) is 23.9. The molecule has 3 aromatic carbocycles. The minimum absolute atomic E-state index is 0.0417. The zero-order valence-corrected chi connectivity index (χ0v) is 25.5. The second kappa shape index (κ2) is 13.3. The molecule has 214 valence electrons. The molecule has 3 aromatic rings. The molecule has 0 aliphatic rings. The third kappa shape index (κ3) is 7.64. The smallest absolute Gasteiger partial charge is 0.264 e. The Balaban J connectivity index is 2.07. The van der Waals surface area contributed by atoms with Gasteiger partial charge in [-0.2, -0.15) is 0 Å². The maximum Gasteiger partial charge on any atom is 0.264 e. The molecule has 0 saturated heterocycles. The Kier molecular flexibility index (Phi) is 10.4. The van der Waals surface area contributed by atoms with Gasteiger partial charge in [-0.15, -0.1) is 0 Å². The zero-order chi connectivity index (χ0) is 29.6. The van der Waals surface area contributed by atoms with E-state index in [0.717, 1.165) is 15.4 Å². The maximum absolute atomic E-state index is 14.1. The van der Waals surface area contributed by atoms with E-state index in [-0.39, 0.29) is 23.3 Å². The Hall–Kier alpha value is -3.36. The first-order valence-corrected chi connectivity index (χ1v) is 15.1. The fraction of sp³-hybridized carbons (Fsp3) is 0.355. The first kappa shape index (κ1) is 31.2. The Bertz CT molecular complexity index is 1460. The molecule has 0 fully saturated rings. The van der Waals surface area contributed by atoms with Crippen LogP contribution >= 0.6 is 11.6 Å². The summed E-state index contributed by atoms with van der Waals surface area (Å²) in [5, 5.41) is 3.34. The van der Waals surface area contributed by atoms with Crippen molar-refractivity contribution in [2.24, 2.45) is 5.92 Å². The number of nitrogens with one attached hydrogen (secondary N) is 1. The standard InChI is InChI=1S/C31H38ClN3O4S/c1-21(2)18-33-31(37)25(6)34(19-26-9-7-8-10-28(26)32)30(36)20-35(29-17-23(4)11-14-24(29)5)40(38,39)27-15-12-22(3)13-16-27/h7-17,21,25H,18-20H2,1-6H3,(H,33,37)/t25-/m1/s1. The number of hydrogen-bond acceptors (Lipinski definition) is 4. The number of carbonyl (C=O) groups is 2. The van der Waals surface area contributed by atoms with Crippen LogP contribution in [-0.2, 0) is 26.2 Å². The quantitative estimate of drug-likeness (QED) is 0.316. The highest BCUT2D eigenvalue weighted by Crippen LogP contribution is 2.29. The van der Waals surface area contributed by atoms with Crippen LogP contribution in [0.3, 0.4) is 0 Å². The highest BCUT2D eigenvalue weighted by Gasteiger charge is 2.33. The number of aryl methyl sites for hydroxylation is 3. The number of hydrogen-bond donors (Lipinski definition) is 1. The summed E-state index contributed by atoms with van der Waals surface area (Å²) < 4.78 is 29.2. The molecule has 40 heavy (non-hydrogen) atoms. The largest absolute Gasteiger partial charge is 0.354 e. The average molecular weight is 584 g/mol. The van der Waals surface area contributed by atoms with Crippen LogP contribution in [0.25, 0.3) is 0 Å². The number of amides is 2. The number of carbonyl (C=O) groups excluding carboxylic acids is 2. The van der Waals surface area contributed by atoms with Gasteiger partial charge < -0.3 is 10.2 Å². The monoisotopic (exact) mass is 583 g/mol. The molecule has 1 N–H and O–H groups in total. The fourth-order valence-electron chi connectivity index (χ4n) is 4.18. The topological polar surface area (TPSA) is 86.8 Å². The Morgan fingerprint density at radius 2 is 1.52 bits per heavy atom. The van der Waals surface area contributed by atoms with E-state index in [2.05, 4.69) is 5.32 Å². The second-order valence-electron chi connectivity index (χ2n) is 10.5. The normalized spacial score (nSPS) is 12.2. The maximum atomic E-state index is 14.1. The molecule has 0 aliphatic heterocycles. The van der Waals surface area contributed by atoms with E-state index < -0.39 is 28.5 Å². The van der Waals surface area contributed by atoms with Crippen molar-refractivity contribution >= 4 is 39.1 Å². The number of benzene rings is 3. The van der Waals surface area contributed by atoms with Crippen molar-refractivity contribution in [2.45, 2.75) is 59.0 Å². The lowest BCUT2D eigenvalue weighted by Crippen LogP contribution is -2.51. The molecule has 1 atom stereocenters. The van der Waals surface area contributed by atoms with E-state index >= 15 is 0 Å². The molecular weight excluding hydrogens is 546 g/mol. The molecule has 0 heterocycles. The molecule has 0 aromatic heterocycles. The van der Waals surface area contributed by atoms with Crippen molar-refractivity contribution in [2.75, 3.05) is 17.4 Å². The number of sulfonamides is 1. The second-order valence-corrected chi connectivity index (χ2v) is 12.8. The third-order valence-corrected chi connectivity index (χ3v) is 8.81. The molecule has 0 bridgehead atoms. The number of halogens is 1.